The summed E-state index contributed by atoms with van der Waals surface area (Å²) in [6, 6.07) is 14.4. The van der Waals surface area contributed by atoms with Crippen molar-refractivity contribution in [1.82, 2.24) is 5.32 Å². The molecule has 2 aromatic rings. The minimum Gasteiger partial charge on any atom is -0.452 e. The highest BCUT2D eigenvalue weighted by atomic mass is 16.5. The van der Waals surface area contributed by atoms with Gasteiger partial charge in [-0.25, -0.2) is 4.79 Å². The minimum atomic E-state index is -0.624. The summed E-state index contributed by atoms with van der Waals surface area (Å²) >= 11 is 0. The Morgan fingerprint density at radius 2 is 1.72 bits per heavy atom. The predicted molar refractivity (Wildman–Crippen MR) is 113 cm³/mol. The fourth-order valence-corrected chi connectivity index (χ4v) is 2.95. The van der Waals surface area contributed by atoms with Crippen LogP contribution in [-0.2, 0) is 20.7 Å². The summed E-state index contributed by atoms with van der Waals surface area (Å²) in [4.78, 5) is 35.7. The molecular weight excluding hydrogens is 368 g/mol. The van der Waals surface area contributed by atoms with Crippen LogP contribution in [0.5, 0.6) is 0 Å². The summed E-state index contributed by atoms with van der Waals surface area (Å²) in [5.41, 5.74) is 3.00. The van der Waals surface area contributed by atoms with Gasteiger partial charge < -0.3 is 15.4 Å². The molecule has 0 aliphatic heterocycles. The van der Waals surface area contributed by atoms with Gasteiger partial charge in [-0.05, 0) is 41.7 Å². The number of nitrogens with one attached hydrogen (secondary N) is 2. The molecule has 0 radical (unpaired) electrons. The van der Waals surface area contributed by atoms with E-state index in [2.05, 4.69) is 29.7 Å². The molecule has 0 aliphatic carbocycles. The number of rotatable bonds is 8. The molecule has 0 aliphatic rings. The Balaban J connectivity index is 1.96. The molecule has 1 atom stereocenters. The number of ether oxygens (including phenoxy) is 1. The number of amides is 2. The maximum atomic E-state index is 12.4. The Morgan fingerprint density at radius 3 is 2.31 bits per heavy atom. The molecule has 0 saturated heterocycles. The molecule has 6 nitrogen and oxygen atoms in total. The summed E-state index contributed by atoms with van der Waals surface area (Å²) in [5.74, 6) is -1.05. The molecule has 154 valence electrons. The Bertz CT molecular complexity index is 859. The van der Waals surface area contributed by atoms with Crippen LogP contribution in [0.25, 0.3) is 0 Å². The number of carbonyl (C=O) groups excluding carboxylic acids is 3. The zero-order valence-corrected chi connectivity index (χ0v) is 17.3. The van der Waals surface area contributed by atoms with Crippen molar-refractivity contribution in [1.29, 1.82) is 0 Å². The topological polar surface area (TPSA) is 84.5 Å². The Kier molecular flexibility index (Phi) is 7.95. The maximum absolute atomic E-state index is 12.4. The lowest BCUT2D eigenvalue weighted by atomic mass is 9.95. The molecule has 0 saturated carbocycles. The molecule has 0 unspecified atom stereocenters. The average molecular weight is 396 g/mol. The van der Waals surface area contributed by atoms with Gasteiger partial charge in [0.05, 0.1) is 11.6 Å². The molecule has 6 heteroatoms. The van der Waals surface area contributed by atoms with E-state index in [9.17, 15) is 14.4 Å². The largest absolute Gasteiger partial charge is 0.452 e. The first kappa shape index (κ1) is 22.1. The van der Waals surface area contributed by atoms with Crippen LogP contribution in [0.15, 0.2) is 48.5 Å². The molecule has 29 heavy (non-hydrogen) atoms. The summed E-state index contributed by atoms with van der Waals surface area (Å²) in [6.07, 6.45) is 0.956. The van der Waals surface area contributed by atoms with Crippen molar-refractivity contribution in [3.8, 4) is 0 Å². The standard InChI is InChI=1S/C23H28N2O4/c1-5-17-9-11-18(12-10-17)22(15(2)3)25-21(27)14-29-23(28)19-7-6-8-20(13-19)24-16(4)26/h6-13,15,22H,5,14H2,1-4H3,(H,24,26)(H,25,27)/t22-/m1/s1. The lowest BCUT2D eigenvalue weighted by Gasteiger charge is -2.23. The highest BCUT2D eigenvalue weighted by Gasteiger charge is 2.19. The van der Waals surface area contributed by atoms with E-state index in [1.807, 2.05) is 26.0 Å². The van der Waals surface area contributed by atoms with E-state index in [0.717, 1.165) is 12.0 Å². The number of benzene rings is 2. The van der Waals surface area contributed by atoms with Gasteiger partial charge in [0.15, 0.2) is 6.61 Å². The molecule has 2 rings (SSSR count). The number of hydrogen-bond acceptors (Lipinski definition) is 4. The normalized spacial score (nSPS) is 11.6. The third-order valence-electron chi connectivity index (χ3n) is 4.48. The second kappa shape index (κ2) is 10.4. The van der Waals surface area contributed by atoms with Crippen LogP contribution in [0.3, 0.4) is 0 Å². The SMILES string of the molecule is CCc1ccc([C@H](NC(=O)COC(=O)c2cccc(NC(C)=O)c2)C(C)C)cc1. The van der Waals surface area contributed by atoms with E-state index in [0.29, 0.717) is 5.69 Å². The van der Waals surface area contributed by atoms with Crippen molar-refractivity contribution in [2.24, 2.45) is 5.92 Å². The molecule has 0 aromatic heterocycles. The molecule has 0 bridgehead atoms. The van der Waals surface area contributed by atoms with Gasteiger partial charge >= 0.3 is 5.97 Å². The van der Waals surface area contributed by atoms with Crippen molar-refractivity contribution in [2.45, 2.75) is 40.2 Å². The van der Waals surface area contributed by atoms with Crippen molar-refractivity contribution in [2.75, 3.05) is 11.9 Å². The molecule has 0 heterocycles. The van der Waals surface area contributed by atoms with Gasteiger partial charge in [-0.3, -0.25) is 9.59 Å². The van der Waals surface area contributed by atoms with Crippen LogP contribution in [0, 0.1) is 5.92 Å². The van der Waals surface area contributed by atoms with E-state index < -0.39 is 5.97 Å². The molecule has 2 amide bonds. The fraction of sp³-hybridized carbons (Fsp3) is 0.348. The van der Waals surface area contributed by atoms with Crippen LogP contribution in [-0.4, -0.2) is 24.4 Å². The van der Waals surface area contributed by atoms with Crippen LogP contribution < -0.4 is 10.6 Å². The van der Waals surface area contributed by atoms with E-state index >= 15 is 0 Å². The zero-order valence-electron chi connectivity index (χ0n) is 17.3. The lowest BCUT2D eigenvalue weighted by molar-refractivity contribution is -0.125. The first-order valence-corrected chi connectivity index (χ1v) is 9.73. The quantitative estimate of drug-likeness (QED) is 0.663. The summed E-state index contributed by atoms with van der Waals surface area (Å²) in [5, 5.41) is 5.55. The number of anilines is 1. The number of esters is 1. The molecular formula is C23H28N2O4. The zero-order chi connectivity index (χ0) is 21.4. The molecule has 2 N–H and O–H groups in total. The lowest BCUT2D eigenvalue weighted by Crippen LogP contribution is -2.35. The van der Waals surface area contributed by atoms with Gasteiger partial charge in [-0.15, -0.1) is 0 Å². The van der Waals surface area contributed by atoms with Gasteiger partial charge in [0, 0.05) is 12.6 Å². The van der Waals surface area contributed by atoms with Crippen molar-refractivity contribution in [3.63, 3.8) is 0 Å². The van der Waals surface area contributed by atoms with Gasteiger partial charge in [0.25, 0.3) is 5.91 Å². The highest BCUT2D eigenvalue weighted by Crippen LogP contribution is 2.22. The fourth-order valence-electron chi connectivity index (χ4n) is 2.95. The predicted octanol–water partition coefficient (Wildman–Crippen LogP) is 3.88. The van der Waals surface area contributed by atoms with Crippen LogP contribution in [0.2, 0.25) is 0 Å². The molecule has 0 spiro atoms. The first-order valence-electron chi connectivity index (χ1n) is 9.73. The number of aryl methyl sites for hydroxylation is 1. The van der Waals surface area contributed by atoms with E-state index in [-0.39, 0.29) is 35.9 Å². The second-order valence-electron chi connectivity index (χ2n) is 7.22. The summed E-state index contributed by atoms with van der Waals surface area (Å²) in [7, 11) is 0. The maximum Gasteiger partial charge on any atom is 0.338 e. The van der Waals surface area contributed by atoms with Crippen LogP contribution >= 0.6 is 0 Å². The van der Waals surface area contributed by atoms with E-state index in [4.69, 9.17) is 4.74 Å². The van der Waals surface area contributed by atoms with Crippen LogP contribution in [0.4, 0.5) is 5.69 Å². The highest BCUT2D eigenvalue weighted by molar-refractivity contribution is 5.94. The van der Waals surface area contributed by atoms with Gasteiger partial charge in [0.2, 0.25) is 5.91 Å². The van der Waals surface area contributed by atoms with Gasteiger partial charge in [-0.2, -0.15) is 0 Å². The van der Waals surface area contributed by atoms with Gasteiger partial charge in [0.1, 0.15) is 0 Å². The minimum absolute atomic E-state index is 0.171. The van der Waals surface area contributed by atoms with Crippen LogP contribution in [0.1, 0.15) is 55.2 Å². The molecule has 2 aromatic carbocycles. The van der Waals surface area contributed by atoms with E-state index in [1.165, 1.54) is 18.6 Å². The number of carbonyl (C=O) groups is 3. The van der Waals surface area contributed by atoms with Gasteiger partial charge in [-0.1, -0.05) is 51.1 Å². The monoisotopic (exact) mass is 396 g/mol. The third-order valence-corrected chi connectivity index (χ3v) is 4.48. The van der Waals surface area contributed by atoms with Crippen molar-refractivity contribution < 1.29 is 19.1 Å². The average Bonchev–Trinajstić information content (AvgIpc) is 2.70. The van der Waals surface area contributed by atoms with Crippen molar-refractivity contribution in [3.05, 3.63) is 65.2 Å². The van der Waals surface area contributed by atoms with Crippen molar-refractivity contribution >= 4 is 23.5 Å². The summed E-state index contributed by atoms with van der Waals surface area (Å²) < 4.78 is 5.14. The Morgan fingerprint density at radius 1 is 1.03 bits per heavy atom. The summed E-state index contributed by atoms with van der Waals surface area (Å²) in [6.45, 7) is 7.16. The van der Waals surface area contributed by atoms with E-state index in [1.54, 1.807) is 18.2 Å². The first-order chi connectivity index (χ1) is 13.8. The molecule has 0 fully saturated rings. The smallest absolute Gasteiger partial charge is 0.338 e. The third kappa shape index (κ3) is 6.75. The number of hydrogen-bond donors (Lipinski definition) is 2. The Hall–Kier alpha value is -3.15. The Labute approximate surface area is 171 Å². The second-order valence-corrected chi connectivity index (χ2v) is 7.22.